The molecule has 2 aromatic rings. The summed E-state index contributed by atoms with van der Waals surface area (Å²) in [5.74, 6) is 0.607. The number of carbonyl (C=O) groups is 1. The maximum atomic E-state index is 13.0. The predicted octanol–water partition coefficient (Wildman–Crippen LogP) is 4.00. The molecule has 0 aromatic heterocycles. The predicted molar refractivity (Wildman–Crippen MR) is 107 cm³/mol. The van der Waals surface area contributed by atoms with Gasteiger partial charge in [-0.25, -0.2) is 0 Å². The van der Waals surface area contributed by atoms with Crippen molar-refractivity contribution in [1.82, 2.24) is 4.90 Å². The fourth-order valence-electron chi connectivity index (χ4n) is 3.75. The monoisotopic (exact) mass is 360 g/mol. The molecule has 0 saturated heterocycles. The first-order chi connectivity index (χ1) is 13.3. The molecule has 0 radical (unpaired) electrons. The van der Waals surface area contributed by atoms with Gasteiger partial charge in [0.2, 0.25) is 5.91 Å². The summed E-state index contributed by atoms with van der Waals surface area (Å²) >= 11 is 0. The Hall–Kier alpha value is -2.88. The molecule has 0 bridgehead atoms. The molecule has 2 aromatic carbocycles. The van der Waals surface area contributed by atoms with Gasteiger partial charge >= 0.3 is 0 Å². The maximum Gasteiger partial charge on any atom is 0.226 e. The van der Waals surface area contributed by atoms with E-state index in [0.29, 0.717) is 19.0 Å². The average Bonchev–Trinajstić information content (AvgIpc) is 3.39. The van der Waals surface area contributed by atoms with Gasteiger partial charge in [-0.15, -0.1) is 6.58 Å². The number of hydrogen-bond donors (Lipinski definition) is 0. The van der Waals surface area contributed by atoms with Gasteiger partial charge in [-0.1, -0.05) is 71.9 Å². The van der Waals surface area contributed by atoms with E-state index in [1.807, 2.05) is 53.4 Å². The molecule has 1 aliphatic carbocycles. The number of benzene rings is 2. The minimum absolute atomic E-state index is 0.0725. The Labute approximate surface area is 160 Å². The van der Waals surface area contributed by atoms with E-state index >= 15 is 0 Å². The van der Waals surface area contributed by atoms with Gasteiger partial charge < -0.3 is 9.74 Å². The highest BCUT2D eigenvalue weighted by Crippen LogP contribution is 2.48. The van der Waals surface area contributed by atoms with Crippen molar-refractivity contribution in [3.63, 3.8) is 0 Å². The van der Waals surface area contributed by atoms with Crippen LogP contribution in [0, 0.1) is 5.92 Å². The van der Waals surface area contributed by atoms with E-state index < -0.39 is 0 Å². The second kappa shape index (κ2) is 7.78. The molecule has 138 valence electrons. The fourth-order valence-corrected chi connectivity index (χ4v) is 3.75. The van der Waals surface area contributed by atoms with Gasteiger partial charge in [0.1, 0.15) is 0 Å². The molecule has 1 aliphatic heterocycles. The maximum absolute atomic E-state index is 13.0. The third kappa shape index (κ3) is 3.95. The molecule has 4 rings (SSSR count). The first-order valence-corrected chi connectivity index (χ1v) is 9.49. The Bertz CT molecular complexity index is 832. The van der Waals surface area contributed by atoms with E-state index in [0.717, 1.165) is 24.1 Å². The molecule has 1 heterocycles. The van der Waals surface area contributed by atoms with Gasteiger partial charge in [-0.3, -0.25) is 4.79 Å². The van der Waals surface area contributed by atoms with Crippen molar-refractivity contribution in [1.29, 1.82) is 0 Å². The lowest BCUT2D eigenvalue weighted by Crippen LogP contribution is -2.39. The Morgan fingerprint density at radius 1 is 1.15 bits per heavy atom. The summed E-state index contributed by atoms with van der Waals surface area (Å²) in [6.45, 7) is 4.90. The van der Waals surface area contributed by atoms with Crippen LogP contribution in [0.5, 0.6) is 0 Å². The molecule has 3 atom stereocenters. The van der Waals surface area contributed by atoms with Gasteiger partial charge in [0, 0.05) is 18.9 Å². The lowest BCUT2D eigenvalue weighted by atomic mass is 10.0. The Balaban J connectivity index is 1.36. The highest BCUT2D eigenvalue weighted by Gasteiger charge is 2.46. The van der Waals surface area contributed by atoms with Crippen LogP contribution in [0.3, 0.4) is 0 Å². The van der Waals surface area contributed by atoms with Crippen LogP contribution in [0.25, 0.3) is 0 Å². The van der Waals surface area contributed by atoms with Crippen molar-refractivity contribution in [2.75, 3.05) is 13.1 Å². The first kappa shape index (κ1) is 17.5. The summed E-state index contributed by atoms with van der Waals surface area (Å²) in [6, 6.07) is 20.3. The normalized spacial score (nSPS) is 23.3. The molecule has 4 heteroatoms. The quantitative estimate of drug-likeness (QED) is 0.701. The number of oxime groups is 1. The molecule has 4 nitrogen and oxygen atoms in total. The van der Waals surface area contributed by atoms with Crippen LogP contribution >= 0.6 is 0 Å². The summed E-state index contributed by atoms with van der Waals surface area (Å²) in [5.41, 5.74) is 3.27. The van der Waals surface area contributed by atoms with Gasteiger partial charge in [0.15, 0.2) is 6.10 Å². The third-order valence-corrected chi connectivity index (χ3v) is 5.26. The second-order valence-electron chi connectivity index (χ2n) is 7.23. The molecular formula is C23H24N2O2. The largest absolute Gasteiger partial charge is 0.390 e. The smallest absolute Gasteiger partial charge is 0.226 e. The van der Waals surface area contributed by atoms with Crippen LogP contribution in [0.2, 0.25) is 0 Å². The molecular weight excluding hydrogens is 336 g/mol. The molecule has 0 N–H and O–H groups in total. The summed E-state index contributed by atoms with van der Waals surface area (Å²) < 4.78 is 0. The molecule has 1 fully saturated rings. The zero-order valence-electron chi connectivity index (χ0n) is 15.3. The van der Waals surface area contributed by atoms with Crippen LogP contribution in [-0.4, -0.2) is 35.7 Å². The molecule has 1 saturated carbocycles. The van der Waals surface area contributed by atoms with Crippen molar-refractivity contribution in [2.45, 2.75) is 24.9 Å². The second-order valence-corrected chi connectivity index (χ2v) is 7.23. The van der Waals surface area contributed by atoms with E-state index in [9.17, 15) is 4.79 Å². The molecule has 1 amide bonds. The standard InChI is InChI=1S/C23H24N2O2/c1-2-13-25(23(26)21-15-20(21)17-9-5-3-6-10-17)16-19-14-22(24-27-19)18-11-7-4-8-12-18/h2-12,19-21H,1,13-16H2/t19-,20-,21+/m0/s1. The molecule has 27 heavy (non-hydrogen) atoms. The van der Waals surface area contributed by atoms with Crippen LogP contribution in [0.15, 0.2) is 78.5 Å². The number of carbonyl (C=O) groups excluding carboxylic acids is 1. The SMILES string of the molecule is C=CCN(C[C@@H]1CC(c2ccccc2)=NO1)C(=O)[C@@H]1C[C@H]1c1ccccc1. The van der Waals surface area contributed by atoms with E-state index in [1.165, 1.54) is 5.56 Å². The molecule has 0 spiro atoms. The number of rotatable bonds is 7. The van der Waals surface area contributed by atoms with E-state index in [-0.39, 0.29) is 17.9 Å². The van der Waals surface area contributed by atoms with Gasteiger partial charge in [-0.2, -0.15) is 0 Å². The van der Waals surface area contributed by atoms with Crippen LogP contribution in [-0.2, 0) is 9.63 Å². The third-order valence-electron chi connectivity index (χ3n) is 5.26. The molecule has 0 unspecified atom stereocenters. The summed E-state index contributed by atoms with van der Waals surface area (Å²) in [6.07, 6.45) is 3.33. The van der Waals surface area contributed by atoms with Crippen molar-refractivity contribution in [3.8, 4) is 0 Å². The van der Waals surface area contributed by atoms with Crippen LogP contribution in [0.1, 0.15) is 29.9 Å². The van der Waals surface area contributed by atoms with Gasteiger partial charge in [-0.05, 0) is 23.5 Å². The zero-order chi connectivity index (χ0) is 18.6. The topological polar surface area (TPSA) is 41.9 Å². The molecule has 2 aliphatic rings. The van der Waals surface area contributed by atoms with Gasteiger partial charge in [0.25, 0.3) is 0 Å². The van der Waals surface area contributed by atoms with Crippen molar-refractivity contribution < 1.29 is 9.63 Å². The lowest BCUT2D eigenvalue weighted by molar-refractivity contribution is -0.133. The van der Waals surface area contributed by atoms with E-state index in [4.69, 9.17) is 4.84 Å². The summed E-state index contributed by atoms with van der Waals surface area (Å²) in [5, 5.41) is 4.24. The first-order valence-electron chi connectivity index (χ1n) is 9.49. The minimum Gasteiger partial charge on any atom is -0.390 e. The Morgan fingerprint density at radius 3 is 2.56 bits per heavy atom. The van der Waals surface area contributed by atoms with Crippen molar-refractivity contribution >= 4 is 11.6 Å². The average molecular weight is 360 g/mol. The van der Waals surface area contributed by atoms with Crippen molar-refractivity contribution in [3.05, 3.63) is 84.4 Å². The Morgan fingerprint density at radius 2 is 1.85 bits per heavy atom. The number of nitrogens with zero attached hydrogens (tertiary/aromatic N) is 2. The van der Waals surface area contributed by atoms with Crippen LogP contribution < -0.4 is 0 Å². The highest BCUT2D eigenvalue weighted by molar-refractivity contribution is 6.01. The van der Waals surface area contributed by atoms with E-state index in [2.05, 4.69) is 23.9 Å². The van der Waals surface area contributed by atoms with Crippen molar-refractivity contribution in [2.24, 2.45) is 11.1 Å². The van der Waals surface area contributed by atoms with Crippen LogP contribution in [0.4, 0.5) is 0 Å². The Kier molecular flexibility index (Phi) is 5.05. The fraction of sp³-hybridized carbons (Fsp3) is 0.304. The number of amides is 1. The highest BCUT2D eigenvalue weighted by atomic mass is 16.6. The van der Waals surface area contributed by atoms with Gasteiger partial charge in [0.05, 0.1) is 12.3 Å². The number of hydrogen-bond acceptors (Lipinski definition) is 3. The lowest BCUT2D eigenvalue weighted by Gasteiger charge is -2.23. The summed E-state index contributed by atoms with van der Waals surface area (Å²) in [4.78, 5) is 20.5. The summed E-state index contributed by atoms with van der Waals surface area (Å²) in [7, 11) is 0. The minimum atomic E-state index is -0.0990. The van der Waals surface area contributed by atoms with E-state index in [1.54, 1.807) is 6.08 Å². The zero-order valence-corrected chi connectivity index (χ0v) is 15.3.